The molecule has 2 atom stereocenters. The predicted molar refractivity (Wildman–Crippen MR) is 76.5 cm³/mol. The first-order chi connectivity index (χ1) is 9.97. The number of aliphatic hydroxyl groups is 1. The van der Waals surface area contributed by atoms with Crippen LogP contribution in [0.2, 0.25) is 0 Å². The summed E-state index contributed by atoms with van der Waals surface area (Å²) in [6, 6.07) is 4.23. The zero-order valence-electron chi connectivity index (χ0n) is 12.2. The van der Waals surface area contributed by atoms with Crippen molar-refractivity contribution in [2.75, 3.05) is 33.4 Å². The van der Waals surface area contributed by atoms with E-state index in [0.29, 0.717) is 24.5 Å². The number of ether oxygens (including phenoxy) is 2. The molecule has 116 valence electrons. The van der Waals surface area contributed by atoms with Crippen LogP contribution in [0, 0.1) is 10.1 Å². The minimum Gasteiger partial charge on any atom is -0.490 e. The van der Waals surface area contributed by atoms with E-state index in [1.54, 1.807) is 6.92 Å². The van der Waals surface area contributed by atoms with E-state index >= 15 is 0 Å². The van der Waals surface area contributed by atoms with Crippen LogP contribution in [-0.4, -0.2) is 54.4 Å². The Morgan fingerprint density at radius 1 is 1.62 bits per heavy atom. The van der Waals surface area contributed by atoms with Crippen LogP contribution in [0.15, 0.2) is 18.2 Å². The van der Waals surface area contributed by atoms with Crippen molar-refractivity contribution < 1.29 is 19.5 Å². The summed E-state index contributed by atoms with van der Waals surface area (Å²) < 4.78 is 11.3. The van der Waals surface area contributed by atoms with Gasteiger partial charge in [0, 0.05) is 30.8 Å². The highest BCUT2D eigenvalue weighted by molar-refractivity contribution is 5.44. The maximum absolute atomic E-state index is 10.8. The maximum Gasteiger partial charge on any atom is 0.270 e. The first-order valence-electron chi connectivity index (χ1n) is 6.86. The van der Waals surface area contributed by atoms with Crippen LogP contribution in [0.4, 0.5) is 5.69 Å². The van der Waals surface area contributed by atoms with E-state index < -0.39 is 11.0 Å². The van der Waals surface area contributed by atoms with Gasteiger partial charge in [-0.1, -0.05) is 0 Å². The molecular formula is C14H20N2O5. The molecule has 0 aromatic heterocycles. The minimum absolute atomic E-state index is 0.0409. The van der Waals surface area contributed by atoms with E-state index in [1.807, 2.05) is 7.05 Å². The molecule has 0 spiro atoms. The summed E-state index contributed by atoms with van der Waals surface area (Å²) in [5.41, 5.74) is 0.347. The molecule has 2 unspecified atom stereocenters. The number of nitro groups is 1. The van der Waals surface area contributed by atoms with Crippen molar-refractivity contribution in [2.24, 2.45) is 0 Å². The summed E-state index contributed by atoms with van der Waals surface area (Å²) in [5, 5.41) is 20.5. The topological polar surface area (TPSA) is 85.1 Å². The molecule has 1 aromatic rings. The predicted octanol–water partition coefficient (Wildman–Crippen LogP) is 1.36. The van der Waals surface area contributed by atoms with Gasteiger partial charge >= 0.3 is 0 Å². The Hall–Kier alpha value is -1.70. The van der Waals surface area contributed by atoms with Gasteiger partial charge in [-0.3, -0.25) is 10.1 Å². The normalized spacial score (nSPS) is 21.0. The molecule has 1 saturated heterocycles. The van der Waals surface area contributed by atoms with Gasteiger partial charge in [0.2, 0.25) is 0 Å². The summed E-state index contributed by atoms with van der Waals surface area (Å²) >= 11 is 0. The van der Waals surface area contributed by atoms with Gasteiger partial charge in [-0.2, -0.15) is 0 Å². The van der Waals surface area contributed by atoms with Crippen molar-refractivity contribution in [3.8, 4) is 5.75 Å². The highest BCUT2D eigenvalue weighted by atomic mass is 16.6. The molecule has 0 saturated carbocycles. The number of nitro benzene ring substituents is 1. The van der Waals surface area contributed by atoms with Crippen LogP contribution in [0.1, 0.15) is 18.6 Å². The van der Waals surface area contributed by atoms with Crippen molar-refractivity contribution in [1.29, 1.82) is 0 Å². The van der Waals surface area contributed by atoms with Crippen LogP contribution in [-0.2, 0) is 4.74 Å². The molecule has 0 aliphatic carbocycles. The molecule has 7 heteroatoms. The molecule has 0 radical (unpaired) electrons. The average molecular weight is 296 g/mol. The lowest BCUT2D eigenvalue weighted by Gasteiger charge is -2.30. The zero-order valence-corrected chi connectivity index (χ0v) is 12.2. The summed E-state index contributed by atoms with van der Waals surface area (Å²) in [6.07, 6.45) is -0.879. The summed E-state index contributed by atoms with van der Waals surface area (Å²) in [7, 11) is 2.02. The van der Waals surface area contributed by atoms with Crippen molar-refractivity contribution in [1.82, 2.24) is 4.90 Å². The molecule has 1 aliphatic rings. The third kappa shape index (κ3) is 4.13. The largest absolute Gasteiger partial charge is 0.490 e. The number of nitrogens with zero attached hydrogens (tertiary/aromatic N) is 2. The second-order valence-electron chi connectivity index (χ2n) is 5.22. The first-order valence-corrected chi connectivity index (χ1v) is 6.86. The van der Waals surface area contributed by atoms with E-state index in [-0.39, 0.29) is 11.8 Å². The Kier molecular flexibility index (Phi) is 5.11. The van der Waals surface area contributed by atoms with Crippen LogP contribution in [0.3, 0.4) is 0 Å². The Balaban J connectivity index is 2.06. The second kappa shape index (κ2) is 6.84. The van der Waals surface area contributed by atoms with Gasteiger partial charge in [-0.25, -0.2) is 0 Å². The quantitative estimate of drug-likeness (QED) is 0.652. The molecule has 21 heavy (non-hydrogen) atoms. The number of non-ortho nitro benzene ring substituents is 1. The molecule has 1 aromatic carbocycles. The Bertz CT molecular complexity index is 506. The van der Waals surface area contributed by atoms with Gasteiger partial charge in [0.1, 0.15) is 18.5 Å². The number of likely N-dealkylation sites (N-methyl/N-ethyl adjacent to an activating group) is 1. The molecule has 1 N–H and O–H groups in total. The van der Waals surface area contributed by atoms with Crippen LogP contribution >= 0.6 is 0 Å². The highest BCUT2D eigenvalue weighted by Gasteiger charge is 2.20. The van der Waals surface area contributed by atoms with Gasteiger partial charge in [0.05, 0.1) is 17.6 Å². The summed E-state index contributed by atoms with van der Waals surface area (Å²) in [5.74, 6) is 0.451. The Labute approximate surface area is 123 Å². The number of benzene rings is 1. The number of morpholine rings is 1. The van der Waals surface area contributed by atoms with Gasteiger partial charge in [-0.05, 0) is 20.0 Å². The molecule has 0 bridgehead atoms. The van der Waals surface area contributed by atoms with Gasteiger partial charge in [0.15, 0.2) is 0 Å². The second-order valence-corrected chi connectivity index (χ2v) is 5.22. The molecule has 1 heterocycles. The number of hydrogen-bond donors (Lipinski definition) is 1. The van der Waals surface area contributed by atoms with Crippen molar-refractivity contribution in [2.45, 2.75) is 19.1 Å². The minimum atomic E-state index is -0.838. The van der Waals surface area contributed by atoms with Crippen LogP contribution in [0.25, 0.3) is 0 Å². The van der Waals surface area contributed by atoms with E-state index in [1.165, 1.54) is 18.2 Å². The lowest BCUT2D eigenvalue weighted by molar-refractivity contribution is -0.385. The number of aliphatic hydroxyl groups excluding tert-OH is 1. The first kappa shape index (κ1) is 15.7. The number of hydrogen-bond acceptors (Lipinski definition) is 6. The Morgan fingerprint density at radius 2 is 2.38 bits per heavy atom. The van der Waals surface area contributed by atoms with E-state index in [2.05, 4.69) is 4.90 Å². The standard InChI is InChI=1S/C14H20N2O5/c1-10(17)13-7-11(16(18)19)3-4-14(13)21-9-12-8-15(2)5-6-20-12/h3-4,7,10,12,17H,5-6,8-9H2,1-2H3. The Morgan fingerprint density at radius 3 is 3.00 bits per heavy atom. The van der Waals surface area contributed by atoms with Gasteiger partial charge < -0.3 is 19.5 Å². The van der Waals surface area contributed by atoms with Crippen molar-refractivity contribution >= 4 is 5.69 Å². The molecule has 7 nitrogen and oxygen atoms in total. The smallest absolute Gasteiger partial charge is 0.270 e. The molecule has 2 rings (SSSR count). The molecule has 1 fully saturated rings. The summed E-state index contributed by atoms with van der Waals surface area (Å²) in [4.78, 5) is 12.5. The highest BCUT2D eigenvalue weighted by Crippen LogP contribution is 2.29. The monoisotopic (exact) mass is 296 g/mol. The fourth-order valence-corrected chi connectivity index (χ4v) is 2.26. The molecule has 1 aliphatic heterocycles. The van der Waals surface area contributed by atoms with E-state index in [4.69, 9.17) is 9.47 Å². The van der Waals surface area contributed by atoms with Crippen molar-refractivity contribution in [3.63, 3.8) is 0 Å². The zero-order chi connectivity index (χ0) is 15.4. The lowest BCUT2D eigenvalue weighted by Crippen LogP contribution is -2.42. The summed E-state index contributed by atoms with van der Waals surface area (Å²) in [6.45, 7) is 4.23. The molecule has 0 amide bonds. The number of rotatable bonds is 5. The maximum atomic E-state index is 10.8. The van der Waals surface area contributed by atoms with Gasteiger partial charge in [-0.15, -0.1) is 0 Å². The van der Waals surface area contributed by atoms with Crippen LogP contribution < -0.4 is 4.74 Å². The fourth-order valence-electron chi connectivity index (χ4n) is 2.26. The third-order valence-electron chi connectivity index (χ3n) is 3.42. The lowest BCUT2D eigenvalue weighted by atomic mass is 10.1. The molecular weight excluding hydrogens is 276 g/mol. The van der Waals surface area contributed by atoms with Crippen LogP contribution in [0.5, 0.6) is 5.75 Å². The van der Waals surface area contributed by atoms with Crippen molar-refractivity contribution in [3.05, 3.63) is 33.9 Å². The van der Waals surface area contributed by atoms with E-state index in [0.717, 1.165) is 13.1 Å². The third-order valence-corrected chi connectivity index (χ3v) is 3.42. The van der Waals surface area contributed by atoms with Gasteiger partial charge in [0.25, 0.3) is 5.69 Å². The van der Waals surface area contributed by atoms with E-state index in [9.17, 15) is 15.2 Å². The average Bonchev–Trinajstić information content (AvgIpc) is 2.44. The SMILES string of the molecule is CC(O)c1cc([N+](=O)[O-])ccc1OCC1CN(C)CCO1. The fraction of sp³-hybridized carbons (Fsp3) is 0.571.